The number of amides is 1. The van der Waals surface area contributed by atoms with Crippen LogP contribution in [0.15, 0.2) is 59.8 Å². The lowest BCUT2D eigenvalue weighted by Gasteiger charge is -2.15. The lowest BCUT2D eigenvalue weighted by molar-refractivity contribution is -0.152. The molecule has 1 unspecified atom stereocenters. The number of benzene rings is 2. The van der Waals surface area contributed by atoms with Crippen molar-refractivity contribution in [1.82, 2.24) is 19.6 Å². The monoisotopic (exact) mass is 491 g/mol. The number of aryl methyl sites for hydroxylation is 2. The van der Waals surface area contributed by atoms with E-state index in [1.54, 1.807) is 28.8 Å². The Balaban J connectivity index is 1.35. The number of hydrogen-bond donors (Lipinski definition) is 1. The van der Waals surface area contributed by atoms with Crippen molar-refractivity contribution < 1.29 is 19.1 Å². The molecule has 4 rings (SSSR count). The van der Waals surface area contributed by atoms with E-state index in [0.717, 1.165) is 11.4 Å². The molecule has 0 saturated heterocycles. The smallest absolute Gasteiger partial charge is 0.311 e. The van der Waals surface area contributed by atoms with Crippen molar-refractivity contribution in [2.75, 3.05) is 11.6 Å². The quantitative estimate of drug-likeness (QED) is 0.286. The van der Waals surface area contributed by atoms with Gasteiger partial charge in [-0.3, -0.25) is 9.59 Å². The maximum Gasteiger partial charge on any atom is 0.311 e. The van der Waals surface area contributed by atoms with Crippen LogP contribution in [0, 0.1) is 13.8 Å². The van der Waals surface area contributed by atoms with Crippen molar-refractivity contribution in [3.63, 3.8) is 0 Å². The van der Waals surface area contributed by atoms with Crippen LogP contribution in [0.1, 0.15) is 23.9 Å². The molecule has 10 heteroatoms. The minimum atomic E-state index is -0.977. The summed E-state index contributed by atoms with van der Waals surface area (Å²) < 4.78 is 12.8. The number of carbonyl (C=O) groups excluding carboxylic acids is 2. The number of fused-ring (bicyclic) bond motifs is 1. The summed E-state index contributed by atoms with van der Waals surface area (Å²) in [5.74, 6) is 0.879. The van der Waals surface area contributed by atoms with Gasteiger partial charge in [-0.2, -0.15) is 4.98 Å². The van der Waals surface area contributed by atoms with Crippen LogP contribution in [0.25, 0.3) is 5.78 Å². The first kappa shape index (κ1) is 24.2. The predicted octanol–water partition coefficient (Wildman–Crippen LogP) is 4.37. The van der Waals surface area contributed by atoms with Crippen LogP contribution >= 0.6 is 11.8 Å². The molecule has 2 aromatic carbocycles. The Hall–Kier alpha value is -3.92. The molecule has 2 aromatic heterocycles. The van der Waals surface area contributed by atoms with E-state index in [4.69, 9.17) is 9.47 Å². The highest BCUT2D eigenvalue weighted by atomic mass is 32.2. The molecule has 0 radical (unpaired) electrons. The van der Waals surface area contributed by atoms with Crippen molar-refractivity contribution in [2.24, 2.45) is 0 Å². The number of esters is 1. The predicted molar refractivity (Wildman–Crippen MR) is 133 cm³/mol. The molecular formula is C25H25N5O4S. The average molecular weight is 492 g/mol. The molecule has 4 aromatic rings. The number of anilines is 1. The molecule has 35 heavy (non-hydrogen) atoms. The van der Waals surface area contributed by atoms with Crippen LogP contribution in [0.3, 0.4) is 0 Å². The number of thioether (sulfide) groups is 1. The molecule has 0 saturated carbocycles. The number of ether oxygens (including phenoxy) is 2. The third kappa shape index (κ3) is 5.78. The molecule has 2 heterocycles. The van der Waals surface area contributed by atoms with Crippen LogP contribution in [0.2, 0.25) is 0 Å². The molecular weight excluding hydrogens is 466 g/mol. The van der Waals surface area contributed by atoms with E-state index in [0.29, 0.717) is 33.6 Å². The lowest BCUT2D eigenvalue weighted by atomic mass is 10.1. The number of aromatic nitrogens is 4. The summed E-state index contributed by atoms with van der Waals surface area (Å²) in [7, 11) is 0. The Labute approximate surface area is 206 Å². The number of rotatable bonds is 8. The zero-order valence-corrected chi connectivity index (χ0v) is 20.6. The van der Waals surface area contributed by atoms with Gasteiger partial charge in [-0.25, -0.2) is 9.50 Å². The Morgan fingerprint density at radius 3 is 2.40 bits per heavy atom. The third-order valence-electron chi connectivity index (χ3n) is 5.31. The van der Waals surface area contributed by atoms with Crippen LogP contribution < -0.4 is 10.1 Å². The van der Waals surface area contributed by atoms with E-state index < -0.39 is 18.0 Å². The average Bonchev–Trinajstić information content (AvgIpc) is 3.27. The summed E-state index contributed by atoms with van der Waals surface area (Å²) in [6, 6.07) is 16.3. The highest BCUT2D eigenvalue weighted by Crippen LogP contribution is 2.23. The lowest BCUT2D eigenvalue weighted by Crippen LogP contribution is -2.30. The molecule has 0 spiro atoms. The van der Waals surface area contributed by atoms with Crippen molar-refractivity contribution in [3.05, 3.63) is 71.5 Å². The summed E-state index contributed by atoms with van der Waals surface area (Å²) >= 11 is 1.42. The summed E-state index contributed by atoms with van der Waals surface area (Å²) in [5, 5.41) is 7.74. The van der Waals surface area contributed by atoms with E-state index in [-0.39, 0.29) is 6.42 Å². The Morgan fingerprint density at radius 2 is 1.71 bits per heavy atom. The third-order valence-corrected chi connectivity index (χ3v) is 5.85. The first-order valence-corrected chi connectivity index (χ1v) is 12.2. The van der Waals surface area contributed by atoms with E-state index in [9.17, 15) is 9.59 Å². The van der Waals surface area contributed by atoms with E-state index >= 15 is 0 Å². The molecule has 0 bridgehead atoms. The highest BCUT2D eigenvalue weighted by molar-refractivity contribution is 7.98. The fourth-order valence-corrected chi connectivity index (χ4v) is 3.78. The summed E-state index contributed by atoms with van der Waals surface area (Å²) in [6.07, 6.45) is 0.877. The van der Waals surface area contributed by atoms with Gasteiger partial charge in [0, 0.05) is 22.6 Å². The molecule has 9 nitrogen and oxygen atoms in total. The Morgan fingerprint density at radius 1 is 1.03 bits per heavy atom. The van der Waals surface area contributed by atoms with Gasteiger partial charge in [0.05, 0.1) is 6.42 Å². The van der Waals surface area contributed by atoms with Crippen LogP contribution in [0.4, 0.5) is 5.69 Å². The maximum atomic E-state index is 12.6. The minimum Gasteiger partial charge on any atom is -0.457 e. The SMILES string of the molecule is CSc1nc2nc(C)c(CC(=O)OC(C)C(=O)Nc3ccc(Oc4ccccc4)cc3)c(C)n2n1. The molecule has 0 aliphatic rings. The van der Waals surface area contributed by atoms with Crippen molar-refractivity contribution >= 4 is 35.1 Å². The Kier molecular flexibility index (Phi) is 7.31. The zero-order valence-electron chi connectivity index (χ0n) is 19.8. The molecule has 1 amide bonds. The standard InChI is InChI=1S/C25H25N5O4S/c1-15-21(16(2)30-24(26-15)28-25(29-30)35-4)14-22(31)33-17(3)23(32)27-18-10-12-20(13-11-18)34-19-8-6-5-7-9-19/h5-13,17H,14H2,1-4H3,(H,27,32). The number of carbonyl (C=O) groups is 2. The summed E-state index contributed by atoms with van der Waals surface area (Å²) in [6.45, 7) is 5.19. The molecule has 0 fully saturated rings. The fourth-order valence-electron chi connectivity index (χ4n) is 3.44. The van der Waals surface area contributed by atoms with Gasteiger partial charge >= 0.3 is 5.97 Å². The first-order chi connectivity index (χ1) is 16.8. The molecule has 0 aliphatic carbocycles. The van der Waals surface area contributed by atoms with Gasteiger partial charge in [0.15, 0.2) is 6.10 Å². The number of para-hydroxylation sites is 1. The molecule has 180 valence electrons. The van der Waals surface area contributed by atoms with Crippen LogP contribution in [-0.2, 0) is 20.7 Å². The van der Waals surface area contributed by atoms with Crippen molar-refractivity contribution in [2.45, 2.75) is 38.5 Å². The second-order valence-corrected chi connectivity index (χ2v) is 8.58. The van der Waals surface area contributed by atoms with Gasteiger partial charge in [0.1, 0.15) is 11.5 Å². The van der Waals surface area contributed by atoms with Gasteiger partial charge in [-0.15, -0.1) is 5.10 Å². The van der Waals surface area contributed by atoms with Gasteiger partial charge in [-0.05, 0) is 63.4 Å². The normalized spacial score (nSPS) is 11.8. The van der Waals surface area contributed by atoms with Gasteiger partial charge in [0.2, 0.25) is 5.16 Å². The maximum absolute atomic E-state index is 12.6. The molecule has 1 atom stereocenters. The largest absolute Gasteiger partial charge is 0.457 e. The van der Waals surface area contributed by atoms with E-state index in [2.05, 4.69) is 20.4 Å². The minimum absolute atomic E-state index is 0.0296. The Bertz CT molecular complexity index is 1360. The van der Waals surface area contributed by atoms with Crippen molar-refractivity contribution in [3.8, 4) is 11.5 Å². The molecule has 1 N–H and O–H groups in total. The van der Waals surface area contributed by atoms with Gasteiger partial charge in [-0.1, -0.05) is 30.0 Å². The summed E-state index contributed by atoms with van der Waals surface area (Å²) in [4.78, 5) is 33.9. The molecule has 0 aliphatic heterocycles. The number of nitrogens with one attached hydrogen (secondary N) is 1. The van der Waals surface area contributed by atoms with Crippen LogP contribution in [0.5, 0.6) is 11.5 Å². The number of nitrogens with zero attached hydrogens (tertiary/aromatic N) is 4. The van der Waals surface area contributed by atoms with E-state index in [1.807, 2.05) is 50.4 Å². The second kappa shape index (κ2) is 10.6. The fraction of sp³-hybridized carbons (Fsp3) is 0.240. The van der Waals surface area contributed by atoms with Gasteiger partial charge < -0.3 is 14.8 Å². The summed E-state index contributed by atoms with van der Waals surface area (Å²) in [5.41, 5.74) is 2.69. The number of hydrogen-bond acceptors (Lipinski definition) is 8. The zero-order chi connectivity index (χ0) is 24.9. The topological polar surface area (TPSA) is 108 Å². The van der Waals surface area contributed by atoms with Crippen LogP contribution in [-0.4, -0.2) is 43.8 Å². The highest BCUT2D eigenvalue weighted by Gasteiger charge is 2.21. The van der Waals surface area contributed by atoms with Gasteiger partial charge in [0.25, 0.3) is 11.7 Å². The first-order valence-electron chi connectivity index (χ1n) is 10.9. The second-order valence-electron chi connectivity index (χ2n) is 7.81. The van der Waals surface area contributed by atoms with Crippen molar-refractivity contribution in [1.29, 1.82) is 0 Å². The van der Waals surface area contributed by atoms with E-state index in [1.165, 1.54) is 18.7 Å².